The molecule has 0 fully saturated rings. The number of hydrogen-bond donors (Lipinski definition) is 2. The highest BCUT2D eigenvalue weighted by molar-refractivity contribution is 7.69. The summed E-state index contributed by atoms with van der Waals surface area (Å²) in [7, 11) is -1.35. The number of nitrogens with one attached hydrogen (secondary N) is 2. The van der Waals surface area contributed by atoms with Crippen molar-refractivity contribution in [3.05, 3.63) is 47.8 Å². The van der Waals surface area contributed by atoms with Crippen LogP contribution in [0.3, 0.4) is 0 Å². The number of rotatable bonds is 8. The summed E-state index contributed by atoms with van der Waals surface area (Å²) in [6.45, 7) is 7.13. The summed E-state index contributed by atoms with van der Waals surface area (Å²) in [5, 5.41) is 5.56. The summed E-state index contributed by atoms with van der Waals surface area (Å²) < 4.78 is 58.5. The molecular weight excluding hydrogens is 468 g/mol. The summed E-state index contributed by atoms with van der Waals surface area (Å²) in [6.07, 6.45) is -1.98. The van der Waals surface area contributed by atoms with Gasteiger partial charge >= 0.3 is 6.18 Å². The van der Waals surface area contributed by atoms with Crippen molar-refractivity contribution in [3.8, 4) is 5.88 Å². The molecule has 0 amide bonds. The average Bonchev–Trinajstić information content (AvgIpc) is 2.73. The number of hydrogen-bond acceptors (Lipinski definition) is 8. The SMILES string of the molecule is COc1nc(P(C)(C)=O)cnc1Nc1ncc(C(F)(F)F)c(Nc2ccccc2CC(C)C)n1. The monoisotopic (exact) mass is 494 g/mol. The molecule has 0 radical (unpaired) electrons. The minimum absolute atomic E-state index is 0.0155. The van der Waals surface area contributed by atoms with Gasteiger partial charge in [0.2, 0.25) is 5.95 Å². The van der Waals surface area contributed by atoms with Gasteiger partial charge in [-0.2, -0.15) is 18.2 Å². The van der Waals surface area contributed by atoms with E-state index in [1.807, 2.05) is 26.0 Å². The Morgan fingerprint density at radius 1 is 1.03 bits per heavy atom. The fourth-order valence-electron chi connectivity index (χ4n) is 3.09. The van der Waals surface area contributed by atoms with Crippen LogP contribution < -0.4 is 20.8 Å². The first-order valence-corrected chi connectivity index (χ1v) is 13.0. The number of aromatic nitrogens is 4. The van der Waals surface area contributed by atoms with E-state index in [2.05, 4.69) is 30.6 Å². The quantitative estimate of drug-likeness (QED) is 0.411. The van der Waals surface area contributed by atoms with Gasteiger partial charge in [0.1, 0.15) is 24.0 Å². The van der Waals surface area contributed by atoms with Crippen molar-refractivity contribution in [2.24, 2.45) is 5.92 Å². The molecular formula is C22H26F3N6O2P. The van der Waals surface area contributed by atoms with Crippen molar-refractivity contribution in [2.45, 2.75) is 26.4 Å². The number of anilines is 4. The Morgan fingerprint density at radius 3 is 2.35 bits per heavy atom. The third-order valence-corrected chi connectivity index (χ3v) is 6.01. The highest BCUT2D eigenvalue weighted by Crippen LogP contribution is 2.37. The molecule has 1 aromatic carbocycles. The number of halogens is 3. The van der Waals surface area contributed by atoms with Gasteiger partial charge in [-0.3, -0.25) is 0 Å². The molecule has 2 aromatic heterocycles. The molecule has 0 aliphatic heterocycles. The first kappa shape index (κ1) is 25.4. The molecule has 0 aliphatic rings. The summed E-state index contributed by atoms with van der Waals surface area (Å²) in [5.74, 6) is -0.153. The second-order valence-electron chi connectivity index (χ2n) is 8.40. The normalized spacial score (nSPS) is 12.0. The van der Waals surface area contributed by atoms with E-state index in [0.29, 0.717) is 24.2 Å². The smallest absolute Gasteiger partial charge is 0.421 e. The number of ether oxygens (including phenoxy) is 1. The molecule has 3 aromatic rings. The molecule has 0 saturated heterocycles. The molecule has 0 unspecified atom stereocenters. The molecule has 0 aliphatic carbocycles. The van der Waals surface area contributed by atoms with E-state index in [9.17, 15) is 17.7 Å². The van der Waals surface area contributed by atoms with Crippen LogP contribution in [0.25, 0.3) is 0 Å². The van der Waals surface area contributed by atoms with E-state index in [-0.39, 0.29) is 23.1 Å². The van der Waals surface area contributed by atoms with E-state index in [1.54, 1.807) is 12.1 Å². The minimum atomic E-state index is -4.67. The first-order chi connectivity index (χ1) is 15.9. The van der Waals surface area contributed by atoms with Crippen molar-refractivity contribution in [1.82, 2.24) is 19.9 Å². The zero-order valence-corrected chi connectivity index (χ0v) is 20.3. The lowest BCUT2D eigenvalue weighted by molar-refractivity contribution is -0.137. The second-order valence-corrected chi connectivity index (χ2v) is 11.6. The van der Waals surface area contributed by atoms with Crippen molar-refractivity contribution >= 4 is 35.8 Å². The molecule has 2 N–H and O–H groups in total. The van der Waals surface area contributed by atoms with Crippen molar-refractivity contribution in [2.75, 3.05) is 31.1 Å². The third kappa shape index (κ3) is 6.22. The van der Waals surface area contributed by atoms with Crippen molar-refractivity contribution < 1.29 is 22.5 Å². The molecule has 12 heteroatoms. The number of benzene rings is 1. The largest absolute Gasteiger partial charge is 0.478 e. The van der Waals surface area contributed by atoms with Gasteiger partial charge in [0, 0.05) is 11.9 Å². The fourth-order valence-corrected chi connectivity index (χ4v) is 3.76. The summed E-state index contributed by atoms with van der Waals surface area (Å²) in [4.78, 5) is 16.2. The molecule has 8 nitrogen and oxygen atoms in total. The van der Waals surface area contributed by atoms with E-state index < -0.39 is 24.7 Å². The van der Waals surface area contributed by atoms with Crippen LogP contribution in [0.2, 0.25) is 0 Å². The Morgan fingerprint density at radius 2 is 1.74 bits per heavy atom. The number of para-hydroxylation sites is 1. The standard InChI is InChI=1S/C22H26F3N6O2P/c1-13(2)10-14-8-6-7-9-16(14)28-18-15(22(23,24)25)11-27-21(30-18)31-19-20(33-3)29-17(12-26-19)34(4,5)32/h6-9,11-13H,10H2,1-5H3,(H2,26,27,28,30,31). The van der Waals surface area contributed by atoms with Gasteiger partial charge in [-0.15, -0.1) is 0 Å². The van der Waals surface area contributed by atoms with Crippen LogP contribution in [0.1, 0.15) is 25.0 Å². The fraction of sp³-hybridized carbons (Fsp3) is 0.364. The van der Waals surface area contributed by atoms with Crippen LogP contribution in [-0.2, 0) is 17.2 Å². The zero-order valence-electron chi connectivity index (χ0n) is 19.4. The Bertz CT molecular complexity index is 1210. The Balaban J connectivity index is 2.00. The van der Waals surface area contributed by atoms with E-state index in [4.69, 9.17) is 4.74 Å². The van der Waals surface area contributed by atoms with E-state index in [1.165, 1.54) is 26.6 Å². The Labute approximate surface area is 195 Å². The van der Waals surface area contributed by atoms with Gasteiger partial charge in [-0.25, -0.2) is 15.0 Å². The summed E-state index contributed by atoms with van der Waals surface area (Å²) in [6, 6.07) is 7.13. The Hall–Kier alpha value is -3.20. The number of alkyl halides is 3. The maximum absolute atomic E-state index is 13.7. The zero-order chi connectivity index (χ0) is 25.1. The molecule has 0 spiro atoms. The topological polar surface area (TPSA) is 102 Å². The third-order valence-electron chi connectivity index (χ3n) is 4.70. The van der Waals surface area contributed by atoms with Crippen LogP contribution in [0.5, 0.6) is 5.88 Å². The molecule has 0 saturated carbocycles. The molecule has 0 bridgehead atoms. The number of methoxy groups -OCH3 is 1. The van der Waals surface area contributed by atoms with Gasteiger partial charge in [-0.1, -0.05) is 32.0 Å². The maximum Gasteiger partial charge on any atom is 0.421 e. The number of nitrogens with zero attached hydrogens (tertiary/aromatic N) is 4. The predicted octanol–water partition coefficient (Wildman–Crippen LogP) is 5.23. The molecule has 182 valence electrons. The van der Waals surface area contributed by atoms with Crippen LogP contribution in [-0.4, -0.2) is 40.4 Å². The van der Waals surface area contributed by atoms with Gasteiger partial charge < -0.3 is 19.9 Å². The minimum Gasteiger partial charge on any atom is -0.478 e. The molecule has 0 atom stereocenters. The van der Waals surface area contributed by atoms with Crippen LogP contribution in [0, 0.1) is 5.92 Å². The highest BCUT2D eigenvalue weighted by atomic mass is 31.2. The summed E-state index contributed by atoms with van der Waals surface area (Å²) >= 11 is 0. The summed E-state index contributed by atoms with van der Waals surface area (Å²) in [5.41, 5.74) is 0.635. The lowest BCUT2D eigenvalue weighted by atomic mass is 10.0. The average molecular weight is 494 g/mol. The highest BCUT2D eigenvalue weighted by Gasteiger charge is 2.35. The van der Waals surface area contributed by atoms with E-state index >= 15 is 0 Å². The molecule has 3 rings (SSSR count). The van der Waals surface area contributed by atoms with Crippen LogP contribution in [0.4, 0.5) is 36.4 Å². The lowest BCUT2D eigenvalue weighted by Gasteiger charge is -2.17. The van der Waals surface area contributed by atoms with Gasteiger partial charge in [-0.05, 0) is 37.3 Å². The van der Waals surface area contributed by atoms with Crippen LogP contribution >= 0.6 is 7.14 Å². The van der Waals surface area contributed by atoms with Crippen molar-refractivity contribution in [1.29, 1.82) is 0 Å². The predicted molar refractivity (Wildman–Crippen MR) is 126 cm³/mol. The van der Waals surface area contributed by atoms with Crippen molar-refractivity contribution in [3.63, 3.8) is 0 Å². The first-order valence-electron chi connectivity index (χ1n) is 10.4. The molecule has 34 heavy (non-hydrogen) atoms. The Kier molecular flexibility index (Phi) is 7.45. The lowest BCUT2D eigenvalue weighted by Crippen LogP contribution is -2.15. The maximum atomic E-state index is 13.7. The van der Waals surface area contributed by atoms with Gasteiger partial charge in [0.05, 0.1) is 13.3 Å². The van der Waals surface area contributed by atoms with E-state index in [0.717, 1.165) is 5.56 Å². The molecule has 2 heterocycles. The van der Waals surface area contributed by atoms with Gasteiger partial charge in [0.15, 0.2) is 5.82 Å². The van der Waals surface area contributed by atoms with Gasteiger partial charge in [0.25, 0.3) is 5.88 Å². The second kappa shape index (κ2) is 9.97. The van der Waals surface area contributed by atoms with Crippen LogP contribution in [0.15, 0.2) is 36.7 Å².